The lowest BCUT2D eigenvalue weighted by Gasteiger charge is -2.38. The number of amides is 1. The molecule has 1 N–H and O–H groups in total. The molecular weight excluding hydrogens is 342 g/mol. The van der Waals surface area contributed by atoms with E-state index in [0.717, 1.165) is 28.2 Å². The van der Waals surface area contributed by atoms with Crippen molar-refractivity contribution in [2.24, 2.45) is 0 Å². The van der Waals surface area contributed by atoms with E-state index >= 15 is 0 Å². The van der Waals surface area contributed by atoms with Crippen LogP contribution in [-0.4, -0.2) is 16.8 Å². The second-order valence-corrected chi connectivity index (χ2v) is 9.16. The SMILES string of the molecule is Cc1ccc(S[C@H](C)C(=O)N[C@H]2CC(C)(C)Oc3cc(C)ccc32)cc1. The summed E-state index contributed by atoms with van der Waals surface area (Å²) in [7, 11) is 0. The van der Waals surface area contributed by atoms with Crippen molar-refractivity contribution in [3.63, 3.8) is 0 Å². The molecular formula is C22H27NO2S. The minimum Gasteiger partial charge on any atom is -0.487 e. The van der Waals surface area contributed by atoms with E-state index in [1.807, 2.05) is 6.92 Å². The van der Waals surface area contributed by atoms with E-state index in [2.05, 4.69) is 75.5 Å². The number of hydrogen-bond donors (Lipinski definition) is 1. The fourth-order valence-electron chi connectivity index (χ4n) is 3.25. The zero-order valence-electron chi connectivity index (χ0n) is 16.1. The van der Waals surface area contributed by atoms with Crippen LogP contribution in [0.1, 0.15) is 49.9 Å². The van der Waals surface area contributed by atoms with Gasteiger partial charge >= 0.3 is 0 Å². The summed E-state index contributed by atoms with van der Waals surface area (Å²) in [5.74, 6) is 0.940. The van der Waals surface area contributed by atoms with Crippen LogP contribution in [0, 0.1) is 13.8 Å². The average Bonchev–Trinajstić information content (AvgIpc) is 2.55. The summed E-state index contributed by atoms with van der Waals surface area (Å²) in [6.07, 6.45) is 0.761. The third-order valence-corrected chi connectivity index (χ3v) is 5.76. The Kier molecular flexibility index (Phi) is 5.33. The van der Waals surface area contributed by atoms with Crippen LogP contribution in [0.2, 0.25) is 0 Å². The molecule has 2 atom stereocenters. The van der Waals surface area contributed by atoms with Gasteiger partial charge in [-0.2, -0.15) is 0 Å². The number of nitrogens with one attached hydrogen (secondary N) is 1. The van der Waals surface area contributed by atoms with Crippen LogP contribution in [0.15, 0.2) is 47.4 Å². The number of carbonyl (C=O) groups excluding carboxylic acids is 1. The third-order valence-electron chi connectivity index (χ3n) is 4.65. The lowest BCUT2D eigenvalue weighted by molar-refractivity contribution is -0.121. The Morgan fingerprint density at radius 1 is 1.15 bits per heavy atom. The first-order chi connectivity index (χ1) is 12.2. The minimum absolute atomic E-state index is 0.0251. The van der Waals surface area contributed by atoms with Gasteiger partial charge in [0.1, 0.15) is 11.4 Å². The number of aryl methyl sites for hydroxylation is 2. The van der Waals surface area contributed by atoms with Crippen LogP contribution in [0.25, 0.3) is 0 Å². The van der Waals surface area contributed by atoms with Crippen molar-refractivity contribution in [3.8, 4) is 5.75 Å². The second kappa shape index (κ2) is 7.36. The smallest absolute Gasteiger partial charge is 0.233 e. The van der Waals surface area contributed by atoms with E-state index in [9.17, 15) is 4.79 Å². The van der Waals surface area contributed by atoms with Crippen LogP contribution < -0.4 is 10.1 Å². The van der Waals surface area contributed by atoms with Crippen molar-refractivity contribution in [3.05, 3.63) is 59.2 Å². The number of rotatable bonds is 4. The molecule has 0 saturated carbocycles. The van der Waals surface area contributed by atoms with Gasteiger partial charge < -0.3 is 10.1 Å². The van der Waals surface area contributed by atoms with Gasteiger partial charge in [-0.25, -0.2) is 0 Å². The third kappa shape index (κ3) is 4.42. The predicted molar refractivity (Wildman–Crippen MR) is 108 cm³/mol. The Hall–Kier alpha value is -1.94. The summed E-state index contributed by atoms with van der Waals surface area (Å²) in [6, 6.07) is 14.5. The zero-order chi connectivity index (χ0) is 18.9. The highest BCUT2D eigenvalue weighted by molar-refractivity contribution is 8.00. The molecule has 0 saturated heterocycles. The van der Waals surface area contributed by atoms with Crippen molar-refractivity contribution in [2.75, 3.05) is 0 Å². The summed E-state index contributed by atoms with van der Waals surface area (Å²) < 4.78 is 6.12. The number of fused-ring (bicyclic) bond motifs is 1. The van der Waals surface area contributed by atoms with Crippen LogP contribution in [0.3, 0.4) is 0 Å². The van der Waals surface area contributed by atoms with Crippen LogP contribution in [-0.2, 0) is 4.79 Å². The normalized spacial score (nSPS) is 19.2. The van der Waals surface area contributed by atoms with Crippen molar-refractivity contribution in [1.29, 1.82) is 0 Å². The van der Waals surface area contributed by atoms with Gasteiger partial charge in [-0.3, -0.25) is 4.79 Å². The van der Waals surface area contributed by atoms with Crippen molar-refractivity contribution >= 4 is 17.7 Å². The monoisotopic (exact) mass is 369 g/mol. The molecule has 2 aromatic rings. The van der Waals surface area contributed by atoms with E-state index < -0.39 is 0 Å². The molecule has 3 nitrogen and oxygen atoms in total. The molecule has 0 spiro atoms. The Labute approximate surface area is 160 Å². The highest BCUT2D eigenvalue weighted by atomic mass is 32.2. The van der Waals surface area contributed by atoms with E-state index in [4.69, 9.17) is 4.74 Å². The topological polar surface area (TPSA) is 38.3 Å². The summed E-state index contributed by atoms with van der Waals surface area (Å²) in [5, 5.41) is 3.09. The lowest BCUT2D eigenvalue weighted by atomic mass is 9.89. The van der Waals surface area contributed by atoms with Gasteiger partial charge in [0.25, 0.3) is 0 Å². The van der Waals surface area contributed by atoms with Crippen LogP contribution >= 0.6 is 11.8 Å². The van der Waals surface area contributed by atoms with Gasteiger partial charge in [0.05, 0.1) is 11.3 Å². The van der Waals surface area contributed by atoms with E-state index in [1.54, 1.807) is 11.8 Å². The van der Waals surface area contributed by atoms with E-state index in [1.165, 1.54) is 5.56 Å². The molecule has 0 bridgehead atoms. The number of thioether (sulfide) groups is 1. The molecule has 26 heavy (non-hydrogen) atoms. The molecule has 0 aliphatic carbocycles. The Bertz CT molecular complexity index is 798. The van der Waals surface area contributed by atoms with Gasteiger partial charge in [-0.05, 0) is 58.4 Å². The van der Waals surface area contributed by atoms with Gasteiger partial charge in [0, 0.05) is 16.9 Å². The largest absolute Gasteiger partial charge is 0.487 e. The van der Waals surface area contributed by atoms with Crippen molar-refractivity contribution in [1.82, 2.24) is 5.32 Å². The highest BCUT2D eigenvalue weighted by Crippen LogP contribution is 2.40. The van der Waals surface area contributed by atoms with Crippen LogP contribution in [0.4, 0.5) is 0 Å². The second-order valence-electron chi connectivity index (χ2n) is 7.74. The zero-order valence-corrected chi connectivity index (χ0v) is 16.9. The van der Waals surface area contributed by atoms with Gasteiger partial charge in [0.15, 0.2) is 0 Å². The first-order valence-electron chi connectivity index (χ1n) is 9.07. The summed E-state index contributed by atoms with van der Waals surface area (Å²) in [4.78, 5) is 13.9. The maximum atomic E-state index is 12.8. The van der Waals surface area contributed by atoms with Crippen molar-refractivity contribution < 1.29 is 9.53 Å². The molecule has 0 radical (unpaired) electrons. The van der Waals surface area contributed by atoms with Gasteiger partial charge in [0.2, 0.25) is 5.91 Å². The summed E-state index contributed by atoms with van der Waals surface area (Å²) in [6.45, 7) is 10.2. The summed E-state index contributed by atoms with van der Waals surface area (Å²) >= 11 is 1.59. The van der Waals surface area contributed by atoms with E-state index in [0.29, 0.717) is 0 Å². The molecule has 4 heteroatoms. The standard InChI is InChI=1S/C22H27NO2S/c1-14-6-9-17(10-7-14)26-16(3)21(24)23-19-13-22(4,5)25-20-12-15(2)8-11-18(19)20/h6-12,16,19H,13H2,1-5H3,(H,23,24)/t16-,19+/m1/s1. The van der Waals surface area contributed by atoms with Gasteiger partial charge in [-0.1, -0.05) is 29.8 Å². The quantitative estimate of drug-likeness (QED) is 0.753. The molecule has 1 amide bonds. The van der Waals surface area contributed by atoms with Crippen molar-refractivity contribution in [2.45, 2.75) is 62.8 Å². The highest BCUT2D eigenvalue weighted by Gasteiger charge is 2.35. The molecule has 3 rings (SSSR count). The maximum Gasteiger partial charge on any atom is 0.233 e. The Morgan fingerprint density at radius 2 is 1.81 bits per heavy atom. The number of ether oxygens (including phenoxy) is 1. The van der Waals surface area contributed by atoms with Gasteiger partial charge in [-0.15, -0.1) is 11.8 Å². The molecule has 1 aliphatic heterocycles. The van der Waals surface area contributed by atoms with Crippen LogP contribution in [0.5, 0.6) is 5.75 Å². The first-order valence-corrected chi connectivity index (χ1v) is 9.95. The fraction of sp³-hybridized carbons (Fsp3) is 0.409. The molecule has 0 fully saturated rings. The molecule has 0 aromatic heterocycles. The number of hydrogen-bond acceptors (Lipinski definition) is 3. The molecule has 138 valence electrons. The fourth-order valence-corrected chi connectivity index (χ4v) is 4.13. The lowest BCUT2D eigenvalue weighted by Crippen LogP contribution is -2.43. The van der Waals surface area contributed by atoms with E-state index in [-0.39, 0.29) is 22.8 Å². The molecule has 1 aliphatic rings. The first kappa shape index (κ1) is 18.8. The predicted octanol–water partition coefficient (Wildman–Crippen LogP) is 5.20. The molecule has 1 heterocycles. The average molecular weight is 370 g/mol. The number of carbonyl (C=O) groups is 1. The number of benzene rings is 2. The Morgan fingerprint density at radius 3 is 2.50 bits per heavy atom. The minimum atomic E-state index is -0.300. The molecule has 0 unspecified atom stereocenters. The maximum absolute atomic E-state index is 12.8. The molecule has 2 aromatic carbocycles. The summed E-state index contributed by atoms with van der Waals surface area (Å²) in [5.41, 5.74) is 3.15. The Balaban J connectivity index is 1.73.